The summed E-state index contributed by atoms with van der Waals surface area (Å²) in [5, 5.41) is 3.30. The lowest BCUT2D eigenvalue weighted by Gasteiger charge is -2.00. The minimum absolute atomic E-state index is 0.176. The summed E-state index contributed by atoms with van der Waals surface area (Å²) >= 11 is 0. The number of rotatable bonds is 1. The van der Waals surface area contributed by atoms with E-state index in [0.29, 0.717) is 5.56 Å². The molecule has 1 nitrogen and oxygen atoms in total. The second-order valence-electron chi connectivity index (χ2n) is 4.09. The number of nitrogens with one attached hydrogen (secondary N) is 1. The van der Waals surface area contributed by atoms with Crippen molar-refractivity contribution in [2.45, 2.75) is 0 Å². The molecule has 0 bridgehead atoms. The third-order valence-electron chi connectivity index (χ3n) is 2.98. The first-order chi connectivity index (χ1) is 8.34. The molecule has 0 saturated heterocycles. The van der Waals surface area contributed by atoms with Crippen LogP contribution in [0.5, 0.6) is 0 Å². The molecule has 0 atom stereocenters. The fourth-order valence-corrected chi connectivity index (χ4v) is 2.11. The Morgan fingerprint density at radius 3 is 2.65 bits per heavy atom. The van der Waals surface area contributed by atoms with Crippen molar-refractivity contribution < 1.29 is 4.39 Å². The SMILES string of the molecule is Fc1ccccc1/C=C1/CNc2ccccc21. The Morgan fingerprint density at radius 2 is 1.76 bits per heavy atom. The Labute approximate surface area is 99.6 Å². The van der Waals surface area contributed by atoms with Gasteiger partial charge < -0.3 is 5.32 Å². The number of anilines is 1. The van der Waals surface area contributed by atoms with Gasteiger partial charge in [-0.2, -0.15) is 0 Å². The first kappa shape index (κ1) is 10.1. The van der Waals surface area contributed by atoms with Gasteiger partial charge in [-0.25, -0.2) is 4.39 Å². The molecule has 0 radical (unpaired) electrons. The Kier molecular flexibility index (Phi) is 2.41. The number of hydrogen-bond acceptors (Lipinski definition) is 1. The molecule has 17 heavy (non-hydrogen) atoms. The van der Waals surface area contributed by atoms with E-state index in [1.165, 1.54) is 6.07 Å². The maximum absolute atomic E-state index is 13.6. The van der Waals surface area contributed by atoms with E-state index in [0.717, 1.165) is 23.4 Å². The minimum atomic E-state index is -0.176. The van der Waals surface area contributed by atoms with Gasteiger partial charge in [0.05, 0.1) is 0 Å². The molecule has 0 spiro atoms. The van der Waals surface area contributed by atoms with Crippen molar-refractivity contribution in [1.82, 2.24) is 0 Å². The summed E-state index contributed by atoms with van der Waals surface area (Å²) in [5.41, 5.74) is 4.05. The number of fused-ring (bicyclic) bond motifs is 1. The number of hydrogen-bond donors (Lipinski definition) is 1. The highest BCUT2D eigenvalue weighted by Gasteiger charge is 2.14. The average Bonchev–Trinajstić information content (AvgIpc) is 2.76. The lowest BCUT2D eigenvalue weighted by atomic mass is 10.0. The van der Waals surface area contributed by atoms with Crippen LogP contribution in [0.3, 0.4) is 0 Å². The van der Waals surface area contributed by atoms with E-state index in [-0.39, 0.29) is 5.82 Å². The van der Waals surface area contributed by atoms with E-state index < -0.39 is 0 Å². The molecule has 0 saturated carbocycles. The largest absolute Gasteiger partial charge is 0.380 e. The quantitative estimate of drug-likeness (QED) is 0.778. The number of benzene rings is 2. The fraction of sp³-hybridized carbons (Fsp3) is 0.0667. The summed E-state index contributed by atoms with van der Waals surface area (Å²) in [7, 11) is 0. The first-order valence-electron chi connectivity index (χ1n) is 5.63. The molecule has 1 aliphatic rings. The van der Waals surface area contributed by atoms with E-state index in [1.807, 2.05) is 30.3 Å². The summed E-state index contributed by atoms with van der Waals surface area (Å²) in [5.74, 6) is -0.176. The van der Waals surface area contributed by atoms with Crippen molar-refractivity contribution in [3.05, 3.63) is 65.5 Å². The smallest absolute Gasteiger partial charge is 0.130 e. The van der Waals surface area contributed by atoms with E-state index in [2.05, 4.69) is 11.4 Å². The summed E-state index contributed by atoms with van der Waals surface area (Å²) in [6, 6.07) is 14.9. The summed E-state index contributed by atoms with van der Waals surface area (Å²) in [6.45, 7) is 0.758. The van der Waals surface area contributed by atoms with Crippen molar-refractivity contribution in [1.29, 1.82) is 0 Å². The molecule has 1 heterocycles. The fourth-order valence-electron chi connectivity index (χ4n) is 2.11. The second kappa shape index (κ2) is 4.06. The topological polar surface area (TPSA) is 12.0 Å². The molecule has 3 rings (SSSR count). The van der Waals surface area contributed by atoms with Gasteiger partial charge in [0, 0.05) is 23.4 Å². The van der Waals surface area contributed by atoms with E-state index in [1.54, 1.807) is 12.1 Å². The summed E-state index contributed by atoms with van der Waals surface area (Å²) in [6.07, 6.45) is 1.91. The third kappa shape index (κ3) is 1.82. The molecule has 1 aliphatic heterocycles. The molecule has 84 valence electrons. The van der Waals surface area contributed by atoms with Crippen molar-refractivity contribution in [2.75, 3.05) is 11.9 Å². The minimum Gasteiger partial charge on any atom is -0.380 e. The van der Waals surface area contributed by atoms with Crippen molar-refractivity contribution in [3.8, 4) is 0 Å². The van der Waals surface area contributed by atoms with Crippen molar-refractivity contribution >= 4 is 17.3 Å². The zero-order chi connectivity index (χ0) is 11.7. The molecule has 0 unspecified atom stereocenters. The zero-order valence-corrected chi connectivity index (χ0v) is 9.28. The monoisotopic (exact) mass is 225 g/mol. The molecule has 2 heteroatoms. The second-order valence-corrected chi connectivity index (χ2v) is 4.09. The normalized spacial score (nSPS) is 15.7. The maximum atomic E-state index is 13.6. The first-order valence-corrected chi connectivity index (χ1v) is 5.63. The molecular weight excluding hydrogens is 213 g/mol. The summed E-state index contributed by atoms with van der Waals surface area (Å²) in [4.78, 5) is 0. The number of halogens is 1. The molecule has 0 aromatic heterocycles. The Bertz CT molecular complexity index is 587. The van der Waals surface area contributed by atoms with E-state index in [9.17, 15) is 4.39 Å². The highest BCUT2D eigenvalue weighted by atomic mass is 19.1. The molecule has 0 amide bonds. The Balaban J connectivity index is 2.05. The molecule has 2 aromatic rings. The predicted molar refractivity (Wildman–Crippen MR) is 69.2 cm³/mol. The number of para-hydroxylation sites is 1. The van der Waals surface area contributed by atoms with Crippen LogP contribution >= 0.6 is 0 Å². The van der Waals surface area contributed by atoms with Crippen LogP contribution in [0.2, 0.25) is 0 Å². The third-order valence-corrected chi connectivity index (χ3v) is 2.98. The standard InChI is InChI=1S/C15H12FN/c16-14-7-3-1-5-11(14)9-12-10-17-15-8-4-2-6-13(12)15/h1-9,17H,10H2/b12-9-. The van der Waals surface area contributed by atoms with Crippen LogP contribution in [-0.2, 0) is 0 Å². The lowest BCUT2D eigenvalue weighted by molar-refractivity contribution is 0.625. The van der Waals surface area contributed by atoms with E-state index in [4.69, 9.17) is 0 Å². The highest BCUT2D eigenvalue weighted by Crippen LogP contribution is 2.31. The van der Waals surface area contributed by atoms with Gasteiger partial charge in [-0.05, 0) is 23.8 Å². The molecule has 0 aliphatic carbocycles. The highest BCUT2D eigenvalue weighted by molar-refractivity contribution is 5.92. The van der Waals surface area contributed by atoms with Crippen LogP contribution < -0.4 is 5.32 Å². The Hall–Kier alpha value is -2.09. The lowest BCUT2D eigenvalue weighted by Crippen LogP contribution is -1.91. The van der Waals surface area contributed by atoms with Crippen LogP contribution in [0.15, 0.2) is 48.5 Å². The van der Waals surface area contributed by atoms with Gasteiger partial charge in [0.2, 0.25) is 0 Å². The van der Waals surface area contributed by atoms with Crippen LogP contribution in [0.1, 0.15) is 11.1 Å². The van der Waals surface area contributed by atoms with Gasteiger partial charge >= 0.3 is 0 Å². The zero-order valence-electron chi connectivity index (χ0n) is 9.28. The van der Waals surface area contributed by atoms with Crippen LogP contribution in [0.4, 0.5) is 10.1 Å². The predicted octanol–water partition coefficient (Wildman–Crippen LogP) is 3.79. The van der Waals surface area contributed by atoms with Gasteiger partial charge in [-0.1, -0.05) is 36.4 Å². The van der Waals surface area contributed by atoms with Crippen LogP contribution in [0.25, 0.3) is 11.6 Å². The van der Waals surface area contributed by atoms with Gasteiger partial charge in [0.1, 0.15) is 5.82 Å². The van der Waals surface area contributed by atoms with Crippen molar-refractivity contribution in [3.63, 3.8) is 0 Å². The van der Waals surface area contributed by atoms with Gasteiger partial charge in [-0.3, -0.25) is 0 Å². The maximum Gasteiger partial charge on any atom is 0.130 e. The van der Waals surface area contributed by atoms with Gasteiger partial charge in [0.15, 0.2) is 0 Å². The summed E-state index contributed by atoms with van der Waals surface area (Å²) < 4.78 is 13.6. The molecule has 1 N–H and O–H groups in total. The molecule has 2 aromatic carbocycles. The van der Waals surface area contributed by atoms with Gasteiger partial charge in [0.25, 0.3) is 0 Å². The van der Waals surface area contributed by atoms with Crippen LogP contribution in [0, 0.1) is 5.82 Å². The van der Waals surface area contributed by atoms with Crippen LogP contribution in [-0.4, -0.2) is 6.54 Å². The average molecular weight is 225 g/mol. The Morgan fingerprint density at radius 1 is 1.00 bits per heavy atom. The van der Waals surface area contributed by atoms with Crippen molar-refractivity contribution in [2.24, 2.45) is 0 Å². The molecular formula is C15H12FN. The molecule has 0 fully saturated rings. The van der Waals surface area contributed by atoms with Gasteiger partial charge in [-0.15, -0.1) is 0 Å². The van der Waals surface area contributed by atoms with E-state index >= 15 is 0 Å².